The van der Waals surface area contributed by atoms with Crippen LogP contribution < -0.4 is 10.1 Å². The van der Waals surface area contributed by atoms with E-state index in [-0.39, 0.29) is 17.3 Å². The number of carbonyl (C=O) groups excluding carboxylic acids is 2. The molecule has 2 aromatic carbocycles. The third-order valence-corrected chi connectivity index (χ3v) is 8.67. The third kappa shape index (κ3) is 5.08. The van der Waals surface area contributed by atoms with E-state index in [9.17, 15) is 18.0 Å². The van der Waals surface area contributed by atoms with Gasteiger partial charge in [-0.2, -0.15) is 4.31 Å². The summed E-state index contributed by atoms with van der Waals surface area (Å²) in [5, 5.41) is 3.73. The summed E-state index contributed by atoms with van der Waals surface area (Å²) in [5.41, 5.74) is 0.596. The highest BCUT2D eigenvalue weighted by Crippen LogP contribution is 2.30. The van der Waals surface area contributed by atoms with Gasteiger partial charge in [-0.1, -0.05) is 0 Å². The van der Waals surface area contributed by atoms with Gasteiger partial charge in [-0.05, 0) is 73.7 Å². The predicted octanol–water partition coefficient (Wildman–Crippen LogP) is 4.13. The molecule has 0 aliphatic carbocycles. The quantitative estimate of drug-likeness (QED) is 0.488. The molecule has 0 spiro atoms. The van der Waals surface area contributed by atoms with Crippen molar-refractivity contribution in [2.45, 2.75) is 24.7 Å². The van der Waals surface area contributed by atoms with E-state index >= 15 is 0 Å². The Morgan fingerprint density at radius 1 is 1.15 bits per heavy atom. The second-order valence-corrected chi connectivity index (χ2v) is 11.0. The van der Waals surface area contributed by atoms with E-state index in [0.29, 0.717) is 42.3 Å². The van der Waals surface area contributed by atoms with Crippen LogP contribution in [0.4, 0.5) is 5.69 Å². The number of ether oxygens (including phenoxy) is 2. The van der Waals surface area contributed by atoms with Gasteiger partial charge >= 0.3 is 5.97 Å². The number of nitrogens with zero attached hydrogens (tertiary/aromatic N) is 1. The van der Waals surface area contributed by atoms with Crippen LogP contribution >= 0.6 is 11.3 Å². The normalized spacial score (nSPS) is 16.8. The first-order valence-electron chi connectivity index (χ1n) is 11.0. The summed E-state index contributed by atoms with van der Waals surface area (Å²) in [4.78, 5) is 25.4. The van der Waals surface area contributed by atoms with Gasteiger partial charge in [0.25, 0.3) is 0 Å². The van der Waals surface area contributed by atoms with Gasteiger partial charge in [0, 0.05) is 23.5 Å². The molecule has 1 aromatic heterocycles. The smallest absolute Gasteiger partial charge is 0.348 e. The highest BCUT2D eigenvalue weighted by atomic mass is 32.2. The topological polar surface area (TPSA) is 102 Å². The minimum absolute atomic E-state index is 0.120. The molecule has 0 unspecified atom stereocenters. The summed E-state index contributed by atoms with van der Waals surface area (Å²) in [5.74, 6) is -0.481. The van der Waals surface area contributed by atoms with Crippen LogP contribution in [0.2, 0.25) is 0 Å². The third-order valence-electron chi connectivity index (χ3n) is 5.70. The lowest BCUT2D eigenvalue weighted by molar-refractivity contribution is -0.120. The Labute approximate surface area is 202 Å². The van der Waals surface area contributed by atoms with Crippen molar-refractivity contribution in [1.82, 2.24) is 4.31 Å². The Bertz CT molecular complexity index is 1300. The molecule has 1 N–H and O–H groups in total. The van der Waals surface area contributed by atoms with Crippen LogP contribution in [-0.2, 0) is 19.6 Å². The zero-order valence-corrected chi connectivity index (χ0v) is 20.6. The van der Waals surface area contributed by atoms with E-state index in [0.717, 1.165) is 10.1 Å². The zero-order valence-electron chi connectivity index (χ0n) is 18.9. The van der Waals surface area contributed by atoms with Crippen molar-refractivity contribution in [1.29, 1.82) is 0 Å². The average molecular weight is 503 g/mol. The highest BCUT2D eigenvalue weighted by Gasteiger charge is 2.33. The van der Waals surface area contributed by atoms with Crippen LogP contribution in [0.3, 0.4) is 0 Å². The molecule has 0 saturated carbocycles. The Morgan fingerprint density at radius 2 is 1.91 bits per heavy atom. The number of nitrogens with one attached hydrogen (secondary N) is 1. The Morgan fingerprint density at radius 3 is 2.62 bits per heavy atom. The van der Waals surface area contributed by atoms with Crippen molar-refractivity contribution in [3.05, 3.63) is 53.4 Å². The largest absolute Gasteiger partial charge is 0.494 e. The Balaban J connectivity index is 1.45. The fraction of sp³-hybridized carbons (Fsp3) is 0.333. The molecule has 1 aliphatic rings. The molecular weight excluding hydrogens is 476 g/mol. The first kappa shape index (κ1) is 24.2. The van der Waals surface area contributed by atoms with E-state index < -0.39 is 21.9 Å². The molecule has 1 atom stereocenters. The summed E-state index contributed by atoms with van der Waals surface area (Å²) >= 11 is 1.32. The molecular formula is C24H26N2O6S2. The molecule has 1 fully saturated rings. The number of benzene rings is 2. The summed E-state index contributed by atoms with van der Waals surface area (Å²) in [6.45, 7) is 2.85. The maximum absolute atomic E-state index is 13.1. The van der Waals surface area contributed by atoms with Crippen molar-refractivity contribution in [2.24, 2.45) is 5.92 Å². The molecule has 1 amide bonds. The van der Waals surface area contributed by atoms with Crippen molar-refractivity contribution < 1.29 is 27.5 Å². The number of anilines is 1. The van der Waals surface area contributed by atoms with E-state index in [4.69, 9.17) is 9.47 Å². The van der Waals surface area contributed by atoms with Gasteiger partial charge in [0.05, 0.1) is 24.5 Å². The number of sulfonamides is 1. The van der Waals surface area contributed by atoms with E-state index in [1.807, 2.05) is 13.0 Å². The van der Waals surface area contributed by atoms with Crippen LogP contribution in [0.25, 0.3) is 10.1 Å². The fourth-order valence-corrected chi connectivity index (χ4v) is 6.45. The lowest BCUT2D eigenvalue weighted by atomic mass is 9.98. The SMILES string of the molecule is CCOc1ccc(S(=O)(=O)N2CCC[C@H](C(=O)Nc3ccc4sc(C(=O)OC)cc4c3)C2)cc1. The summed E-state index contributed by atoms with van der Waals surface area (Å²) in [7, 11) is -2.38. The molecule has 8 nitrogen and oxygen atoms in total. The van der Waals surface area contributed by atoms with Gasteiger partial charge in [-0.3, -0.25) is 4.79 Å². The van der Waals surface area contributed by atoms with Crippen molar-refractivity contribution >= 4 is 49.0 Å². The zero-order chi connectivity index (χ0) is 24.3. The van der Waals surface area contributed by atoms with Gasteiger partial charge in [0.15, 0.2) is 0 Å². The van der Waals surface area contributed by atoms with E-state index in [1.165, 1.54) is 34.9 Å². The standard InChI is InChI=1S/C24H26N2O6S2/c1-3-32-19-7-9-20(10-8-19)34(29,30)26-12-4-5-16(15-26)23(27)25-18-6-11-21-17(13-18)14-22(33-21)24(28)31-2/h6-11,13-14,16H,3-5,12,15H2,1-2H3,(H,25,27)/t16-/m0/s1. The molecule has 180 valence electrons. The molecule has 3 aromatic rings. The lowest BCUT2D eigenvalue weighted by Crippen LogP contribution is -2.43. The first-order valence-corrected chi connectivity index (χ1v) is 13.2. The number of hydrogen-bond donors (Lipinski definition) is 1. The van der Waals surface area contributed by atoms with Gasteiger partial charge in [-0.15, -0.1) is 11.3 Å². The maximum Gasteiger partial charge on any atom is 0.348 e. The predicted molar refractivity (Wildman–Crippen MR) is 131 cm³/mol. The van der Waals surface area contributed by atoms with Crippen LogP contribution in [0.15, 0.2) is 53.4 Å². The molecule has 0 bridgehead atoms. The van der Waals surface area contributed by atoms with E-state index in [2.05, 4.69) is 5.32 Å². The van der Waals surface area contributed by atoms with Crippen molar-refractivity contribution in [3.8, 4) is 5.75 Å². The number of thiophene rings is 1. The molecule has 1 saturated heterocycles. The van der Waals surface area contributed by atoms with Crippen LogP contribution in [0, 0.1) is 5.92 Å². The number of carbonyl (C=O) groups is 2. The Kier molecular flexibility index (Phi) is 7.20. The number of rotatable bonds is 7. The van der Waals surface area contributed by atoms with Crippen molar-refractivity contribution in [2.75, 3.05) is 32.1 Å². The molecule has 10 heteroatoms. The summed E-state index contributed by atoms with van der Waals surface area (Å²) in [6, 6.07) is 13.5. The van der Waals surface area contributed by atoms with Gasteiger partial charge in [0.2, 0.25) is 15.9 Å². The van der Waals surface area contributed by atoms with Gasteiger partial charge in [0.1, 0.15) is 10.6 Å². The first-order chi connectivity index (χ1) is 16.3. The number of methoxy groups -OCH3 is 1. The van der Waals surface area contributed by atoms with Gasteiger partial charge in [-0.25, -0.2) is 13.2 Å². The molecule has 4 rings (SSSR count). The maximum atomic E-state index is 13.1. The second-order valence-electron chi connectivity index (χ2n) is 7.95. The van der Waals surface area contributed by atoms with E-state index in [1.54, 1.807) is 30.3 Å². The number of esters is 1. The minimum atomic E-state index is -3.71. The number of fused-ring (bicyclic) bond motifs is 1. The number of amides is 1. The van der Waals surface area contributed by atoms with Crippen LogP contribution in [-0.4, -0.2) is 51.4 Å². The highest BCUT2D eigenvalue weighted by molar-refractivity contribution is 7.89. The monoisotopic (exact) mass is 502 g/mol. The van der Waals surface area contributed by atoms with Crippen LogP contribution in [0.5, 0.6) is 5.75 Å². The minimum Gasteiger partial charge on any atom is -0.494 e. The summed E-state index contributed by atoms with van der Waals surface area (Å²) in [6.07, 6.45) is 1.20. The number of hydrogen-bond acceptors (Lipinski definition) is 7. The molecule has 1 aliphatic heterocycles. The summed E-state index contributed by atoms with van der Waals surface area (Å²) < 4.78 is 38.7. The van der Waals surface area contributed by atoms with Crippen molar-refractivity contribution in [3.63, 3.8) is 0 Å². The second kappa shape index (κ2) is 10.1. The average Bonchev–Trinajstić information content (AvgIpc) is 3.28. The fourth-order valence-electron chi connectivity index (χ4n) is 3.96. The Hall–Kier alpha value is -2.95. The molecule has 0 radical (unpaired) electrons. The number of piperidine rings is 1. The van der Waals surface area contributed by atoms with Gasteiger partial charge < -0.3 is 14.8 Å². The lowest BCUT2D eigenvalue weighted by Gasteiger charge is -2.31. The van der Waals surface area contributed by atoms with Crippen LogP contribution in [0.1, 0.15) is 29.4 Å². The molecule has 2 heterocycles. The molecule has 34 heavy (non-hydrogen) atoms.